The van der Waals surface area contributed by atoms with Gasteiger partial charge in [0.25, 0.3) is 0 Å². The molecule has 0 unspecified atom stereocenters. The Balaban J connectivity index is 2.14. The molecule has 0 radical (unpaired) electrons. The highest BCUT2D eigenvalue weighted by molar-refractivity contribution is 5.92. The van der Waals surface area contributed by atoms with E-state index in [-0.39, 0.29) is 0 Å². The number of benzene rings is 2. The number of anilines is 1. The second-order valence-corrected chi connectivity index (χ2v) is 4.65. The monoisotopic (exact) mass is 260 g/mol. The van der Waals surface area contributed by atoms with E-state index in [1.54, 1.807) is 6.20 Å². The molecule has 20 heavy (non-hydrogen) atoms. The molecule has 4 nitrogen and oxygen atoms in total. The van der Waals surface area contributed by atoms with E-state index < -0.39 is 0 Å². The van der Waals surface area contributed by atoms with E-state index in [0.29, 0.717) is 5.95 Å². The Labute approximate surface area is 115 Å². The third-order valence-electron chi connectivity index (χ3n) is 3.45. The summed E-state index contributed by atoms with van der Waals surface area (Å²) in [4.78, 5) is 8.78. The van der Waals surface area contributed by atoms with Crippen molar-refractivity contribution in [3.63, 3.8) is 0 Å². The van der Waals surface area contributed by atoms with Crippen LogP contribution in [0.2, 0.25) is 0 Å². The van der Waals surface area contributed by atoms with Gasteiger partial charge in [-0.2, -0.15) is 0 Å². The maximum Gasteiger partial charge on any atom is 0.207 e. The number of nitrogen functional groups attached to an aromatic ring is 1. The molecule has 4 heteroatoms. The number of imidazole rings is 1. The second kappa shape index (κ2) is 4.06. The number of hydrogen-bond donors (Lipinski definition) is 1. The van der Waals surface area contributed by atoms with Gasteiger partial charge in [-0.25, -0.2) is 9.97 Å². The molecule has 2 heterocycles. The lowest BCUT2D eigenvalue weighted by atomic mass is 10.1. The molecule has 96 valence electrons. The minimum Gasteiger partial charge on any atom is -0.369 e. The Morgan fingerprint density at radius 3 is 2.70 bits per heavy atom. The first-order chi connectivity index (χ1) is 9.84. The largest absolute Gasteiger partial charge is 0.369 e. The zero-order valence-electron chi connectivity index (χ0n) is 10.7. The summed E-state index contributed by atoms with van der Waals surface area (Å²) >= 11 is 0. The van der Waals surface area contributed by atoms with E-state index >= 15 is 0 Å². The highest BCUT2D eigenvalue weighted by Crippen LogP contribution is 2.27. The van der Waals surface area contributed by atoms with Crippen LogP contribution in [-0.4, -0.2) is 14.5 Å². The van der Waals surface area contributed by atoms with Crippen LogP contribution in [0.5, 0.6) is 0 Å². The molecular weight excluding hydrogens is 248 g/mol. The average Bonchev–Trinajstić information content (AvgIpc) is 2.82. The van der Waals surface area contributed by atoms with Gasteiger partial charge >= 0.3 is 0 Å². The van der Waals surface area contributed by atoms with Crippen molar-refractivity contribution in [2.75, 3.05) is 5.73 Å². The number of pyridine rings is 1. The number of fused-ring (bicyclic) bond motifs is 2. The lowest BCUT2D eigenvalue weighted by molar-refractivity contribution is 1.10. The molecule has 0 aliphatic rings. The zero-order valence-corrected chi connectivity index (χ0v) is 10.7. The van der Waals surface area contributed by atoms with E-state index in [9.17, 15) is 0 Å². The van der Waals surface area contributed by atoms with Gasteiger partial charge in [-0.15, -0.1) is 0 Å². The minimum atomic E-state index is 0.454. The van der Waals surface area contributed by atoms with Crippen LogP contribution in [0.4, 0.5) is 5.95 Å². The van der Waals surface area contributed by atoms with E-state index in [0.717, 1.165) is 22.2 Å². The summed E-state index contributed by atoms with van der Waals surface area (Å²) in [6.45, 7) is 0. The van der Waals surface area contributed by atoms with Crippen molar-refractivity contribution < 1.29 is 0 Å². The predicted molar refractivity (Wildman–Crippen MR) is 80.8 cm³/mol. The Hall–Kier alpha value is -2.88. The van der Waals surface area contributed by atoms with Gasteiger partial charge in [0, 0.05) is 11.6 Å². The van der Waals surface area contributed by atoms with E-state index in [1.165, 1.54) is 5.39 Å². The Kier molecular flexibility index (Phi) is 2.23. The molecule has 0 fully saturated rings. The van der Waals surface area contributed by atoms with Crippen LogP contribution in [-0.2, 0) is 0 Å². The number of hydrogen-bond acceptors (Lipinski definition) is 3. The zero-order chi connectivity index (χ0) is 13.5. The maximum atomic E-state index is 6.09. The summed E-state index contributed by atoms with van der Waals surface area (Å²) in [6.07, 6.45) is 1.76. The summed E-state index contributed by atoms with van der Waals surface area (Å²) in [5.74, 6) is 0.454. The molecule has 0 amide bonds. The summed E-state index contributed by atoms with van der Waals surface area (Å²) in [7, 11) is 0. The van der Waals surface area contributed by atoms with Gasteiger partial charge in [0.15, 0.2) is 5.65 Å². The van der Waals surface area contributed by atoms with Crippen LogP contribution in [0, 0.1) is 0 Å². The minimum absolute atomic E-state index is 0.454. The molecule has 0 aliphatic carbocycles. The molecule has 0 aliphatic heterocycles. The van der Waals surface area contributed by atoms with Crippen molar-refractivity contribution in [2.45, 2.75) is 0 Å². The van der Waals surface area contributed by atoms with Gasteiger partial charge in [0.2, 0.25) is 5.95 Å². The number of aromatic nitrogens is 3. The maximum absolute atomic E-state index is 6.09. The average molecular weight is 260 g/mol. The molecule has 0 saturated heterocycles. The smallest absolute Gasteiger partial charge is 0.207 e. The number of nitrogens with zero attached hydrogens (tertiary/aromatic N) is 3. The molecular formula is C16H12N4. The molecule has 2 aromatic carbocycles. The summed E-state index contributed by atoms with van der Waals surface area (Å²) < 4.78 is 1.90. The van der Waals surface area contributed by atoms with Crippen molar-refractivity contribution in [1.82, 2.24) is 14.5 Å². The molecule has 0 bridgehead atoms. The molecule has 2 N–H and O–H groups in total. The highest BCUT2D eigenvalue weighted by atomic mass is 15.2. The third kappa shape index (κ3) is 1.48. The van der Waals surface area contributed by atoms with Gasteiger partial charge in [-0.05, 0) is 23.6 Å². The Morgan fingerprint density at radius 1 is 0.900 bits per heavy atom. The van der Waals surface area contributed by atoms with Gasteiger partial charge in [-0.1, -0.05) is 36.4 Å². The highest BCUT2D eigenvalue weighted by Gasteiger charge is 2.12. The van der Waals surface area contributed by atoms with Gasteiger partial charge in [-0.3, -0.25) is 4.57 Å². The van der Waals surface area contributed by atoms with E-state index in [2.05, 4.69) is 28.2 Å². The SMILES string of the molecule is Nc1nc2cccnc2n1-c1cccc2ccccc12. The Morgan fingerprint density at radius 2 is 1.75 bits per heavy atom. The van der Waals surface area contributed by atoms with Crippen molar-refractivity contribution >= 4 is 27.9 Å². The predicted octanol–water partition coefficient (Wildman–Crippen LogP) is 3.16. The molecule has 0 saturated carbocycles. The van der Waals surface area contributed by atoms with Gasteiger partial charge in [0.1, 0.15) is 5.52 Å². The van der Waals surface area contributed by atoms with Crippen LogP contribution >= 0.6 is 0 Å². The molecule has 4 rings (SSSR count). The van der Waals surface area contributed by atoms with Crippen LogP contribution in [0.15, 0.2) is 60.8 Å². The normalized spacial score (nSPS) is 11.2. The summed E-state index contributed by atoms with van der Waals surface area (Å²) in [5, 5.41) is 2.30. The standard InChI is InChI=1S/C16H12N4/c17-16-19-13-8-4-10-18-15(13)20(16)14-9-3-6-11-5-1-2-7-12(11)14/h1-10H,(H2,17,19). The fourth-order valence-corrected chi connectivity index (χ4v) is 2.57. The van der Waals surface area contributed by atoms with Gasteiger partial charge < -0.3 is 5.73 Å². The summed E-state index contributed by atoms with van der Waals surface area (Å²) in [6, 6.07) is 18.1. The summed E-state index contributed by atoms with van der Waals surface area (Å²) in [5.41, 5.74) is 8.67. The van der Waals surface area contributed by atoms with Crippen molar-refractivity contribution in [1.29, 1.82) is 0 Å². The van der Waals surface area contributed by atoms with Gasteiger partial charge in [0.05, 0.1) is 5.69 Å². The quantitative estimate of drug-likeness (QED) is 0.572. The second-order valence-electron chi connectivity index (χ2n) is 4.65. The topological polar surface area (TPSA) is 56.7 Å². The van der Waals surface area contributed by atoms with E-state index in [4.69, 9.17) is 5.73 Å². The van der Waals surface area contributed by atoms with Crippen molar-refractivity contribution in [3.8, 4) is 5.69 Å². The first-order valence-corrected chi connectivity index (χ1v) is 6.42. The van der Waals surface area contributed by atoms with Crippen molar-refractivity contribution in [2.24, 2.45) is 0 Å². The number of nitrogens with two attached hydrogens (primary N) is 1. The molecule has 0 spiro atoms. The van der Waals surface area contributed by atoms with Crippen LogP contribution in [0.3, 0.4) is 0 Å². The third-order valence-corrected chi connectivity index (χ3v) is 3.45. The first-order valence-electron chi connectivity index (χ1n) is 6.42. The Bertz CT molecular complexity index is 919. The van der Waals surface area contributed by atoms with Crippen LogP contribution in [0.25, 0.3) is 27.6 Å². The van der Waals surface area contributed by atoms with Crippen LogP contribution in [0.1, 0.15) is 0 Å². The molecule has 0 atom stereocenters. The van der Waals surface area contributed by atoms with Crippen LogP contribution < -0.4 is 5.73 Å². The lowest BCUT2D eigenvalue weighted by Gasteiger charge is -2.09. The first kappa shape index (κ1) is 11.0. The van der Waals surface area contributed by atoms with E-state index in [1.807, 2.05) is 41.0 Å². The lowest BCUT2D eigenvalue weighted by Crippen LogP contribution is -2.02. The fourth-order valence-electron chi connectivity index (χ4n) is 2.57. The fraction of sp³-hybridized carbons (Fsp3) is 0. The van der Waals surface area contributed by atoms with Crippen molar-refractivity contribution in [3.05, 3.63) is 60.8 Å². The molecule has 4 aromatic rings. The molecule has 2 aromatic heterocycles. The number of rotatable bonds is 1.